The van der Waals surface area contributed by atoms with Crippen molar-refractivity contribution >= 4 is 17.6 Å². The zero-order chi connectivity index (χ0) is 23.1. The average Bonchev–Trinajstić information content (AvgIpc) is 2.82. The van der Waals surface area contributed by atoms with Crippen LogP contribution in [0.1, 0.15) is 38.7 Å². The van der Waals surface area contributed by atoms with Crippen LogP contribution in [0, 0.1) is 10.1 Å². The molecule has 9 heteroatoms. The molecule has 2 aromatic rings. The van der Waals surface area contributed by atoms with Crippen LogP contribution in [-0.4, -0.2) is 73.5 Å². The normalized spacial score (nSPS) is 17.0. The van der Waals surface area contributed by atoms with Gasteiger partial charge in [-0.25, -0.2) is 4.79 Å². The zero-order valence-electron chi connectivity index (χ0n) is 18.3. The number of carbonyl (C=O) groups is 2. The quantitative estimate of drug-likeness (QED) is 0.291. The van der Waals surface area contributed by atoms with E-state index < -0.39 is 16.8 Å². The van der Waals surface area contributed by atoms with Gasteiger partial charge in [0.1, 0.15) is 0 Å². The molecule has 170 valence electrons. The number of methoxy groups -OCH3 is 1. The first-order valence-electron chi connectivity index (χ1n) is 10.5. The van der Waals surface area contributed by atoms with E-state index in [1.807, 2.05) is 18.2 Å². The third kappa shape index (κ3) is 5.89. The number of non-ortho nitro benzene ring substituents is 1. The molecule has 9 nitrogen and oxygen atoms in total. The molecule has 0 aliphatic carbocycles. The molecule has 0 aromatic heterocycles. The van der Waals surface area contributed by atoms with Gasteiger partial charge >= 0.3 is 5.97 Å². The maximum Gasteiger partial charge on any atom is 0.338 e. The van der Waals surface area contributed by atoms with Crippen molar-refractivity contribution < 1.29 is 19.2 Å². The van der Waals surface area contributed by atoms with E-state index in [0.29, 0.717) is 12.6 Å². The zero-order valence-corrected chi connectivity index (χ0v) is 18.3. The molecule has 1 fully saturated rings. The first-order chi connectivity index (χ1) is 15.4. The maximum atomic E-state index is 12.6. The summed E-state index contributed by atoms with van der Waals surface area (Å²) >= 11 is 0. The highest BCUT2D eigenvalue weighted by Gasteiger charge is 2.26. The highest BCUT2D eigenvalue weighted by atomic mass is 16.6. The number of carbonyl (C=O) groups excluding carboxylic acids is 2. The molecule has 1 aliphatic rings. The molecule has 1 unspecified atom stereocenters. The lowest BCUT2D eigenvalue weighted by atomic mass is 10.0. The predicted molar refractivity (Wildman–Crippen MR) is 120 cm³/mol. The van der Waals surface area contributed by atoms with E-state index in [1.54, 1.807) is 0 Å². The van der Waals surface area contributed by atoms with Gasteiger partial charge in [0.25, 0.3) is 11.6 Å². The van der Waals surface area contributed by atoms with Crippen LogP contribution in [0.3, 0.4) is 0 Å². The van der Waals surface area contributed by atoms with Crippen molar-refractivity contribution in [3.8, 4) is 0 Å². The number of nitrogens with one attached hydrogen (secondary N) is 1. The van der Waals surface area contributed by atoms with Gasteiger partial charge in [0.05, 0.1) is 17.6 Å². The second-order valence-corrected chi connectivity index (χ2v) is 7.85. The van der Waals surface area contributed by atoms with E-state index in [0.717, 1.165) is 44.7 Å². The molecule has 0 saturated carbocycles. The van der Waals surface area contributed by atoms with Crippen LogP contribution in [0.25, 0.3) is 0 Å². The molecule has 0 bridgehead atoms. The molecular weight excluding hydrogens is 412 g/mol. The summed E-state index contributed by atoms with van der Waals surface area (Å²) < 4.78 is 4.62. The Labute approximate surface area is 187 Å². The SMILES string of the molecule is COC(=O)c1cc(C(=O)NCCCN2CCN(C)CC2c2ccccc2)cc([N+](=O)[O-])c1. The third-order valence-electron chi connectivity index (χ3n) is 5.60. The summed E-state index contributed by atoms with van der Waals surface area (Å²) in [6.07, 6.45) is 0.734. The Morgan fingerprint density at radius 1 is 1.16 bits per heavy atom. The minimum Gasteiger partial charge on any atom is -0.465 e. The Morgan fingerprint density at radius 2 is 1.88 bits per heavy atom. The second kappa shape index (κ2) is 10.8. The molecule has 1 amide bonds. The second-order valence-electron chi connectivity index (χ2n) is 7.85. The molecule has 2 aromatic carbocycles. The van der Waals surface area contributed by atoms with E-state index in [2.05, 4.69) is 39.0 Å². The van der Waals surface area contributed by atoms with Gasteiger partial charge in [-0.3, -0.25) is 19.8 Å². The maximum absolute atomic E-state index is 12.6. The van der Waals surface area contributed by atoms with Crippen LogP contribution in [0.4, 0.5) is 5.69 Å². The minimum atomic E-state index is -0.732. The van der Waals surface area contributed by atoms with Crippen molar-refractivity contribution in [1.82, 2.24) is 15.1 Å². The first-order valence-corrected chi connectivity index (χ1v) is 10.5. The number of piperazine rings is 1. The van der Waals surface area contributed by atoms with Crippen molar-refractivity contribution in [2.24, 2.45) is 0 Å². The number of esters is 1. The van der Waals surface area contributed by atoms with Gasteiger partial charge in [-0.05, 0) is 25.1 Å². The number of benzene rings is 2. The Morgan fingerprint density at radius 3 is 2.56 bits per heavy atom. The summed E-state index contributed by atoms with van der Waals surface area (Å²) in [5.74, 6) is -1.19. The summed E-state index contributed by atoms with van der Waals surface area (Å²) in [4.78, 5) is 39.6. The molecule has 1 heterocycles. The van der Waals surface area contributed by atoms with Crippen LogP contribution in [0.2, 0.25) is 0 Å². The number of amides is 1. The Balaban J connectivity index is 1.59. The van der Waals surface area contributed by atoms with Crippen molar-refractivity contribution in [3.05, 3.63) is 75.3 Å². The van der Waals surface area contributed by atoms with E-state index >= 15 is 0 Å². The average molecular weight is 441 g/mol. The Bertz CT molecular complexity index is 966. The fourth-order valence-electron chi connectivity index (χ4n) is 3.89. The van der Waals surface area contributed by atoms with Gasteiger partial charge in [0.2, 0.25) is 0 Å². The molecule has 32 heavy (non-hydrogen) atoms. The fraction of sp³-hybridized carbons (Fsp3) is 0.391. The number of hydrogen-bond acceptors (Lipinski definition) is 7. The highest BCUT2D eigenvalue weighted by Crippen LogP contribution is 2.24. The molecule has 1 saturated heterocycles. The summed E-state index contributed by atoms with van der Waals surface area (Å²) in [6, 6.07) is 14.2. The van der Waals surface area contributed by atoms with Gasteiger partial charge < -0.3 is 15.0 Å². The van der Waals surface area contributed by atoms with Gasteiger partial charge in [0.15, 0.2) is 0 Å². The van der Waals surface area contributed by atoms with Crippen LogP contribution < -0.4 is 5.32 Å². The molecule has 3 rings (SSSR count). The summed E-state index contributed by atoms with van der Waals surface area (Å²) in [6.45, 7) is 4.11. The number of rotatable bonds is 8. The molecule has 1 atom stereocenters. The number of hydrogen-bond donors (Lipinski definition) is 1. The highest BCUT2D eigenvalue weighted by molar-refractivity contribution is 5.98. The van der Waals surface area contributed by atoms with Crippen LogP contribution in [-0.2, 0) is 4.74 Å². The summed E-state index contributed by atoms with van der Waals surface area (Å²) in [7, 11) is 3.30. The van der Waals surface area contributed by atoms with Gasteiger partial charge in [-0.1, -0.05) is 30.3 Å². The summed E-state index contributed by atoms with van der Waals surface area (Å²) in [5.41, 5.74) is 0.965. The first kappa shape index (κ1) is 23.4. The molecule has 0 radical (unpaired) electrons. The largest absolute Gasteiger partial charge is 0.465 e. The topological polar surface area (TPSA) is 105 Å². The lowest BCUT2D eigenvalue weighted by Gasteiger charge is -2.40. The lowest BCUT2D eigenvalue weighted by molar-refractivity contribution is -0.384. The minimum absolute atomic E-state index is 0.0324. The standard InChI is InChI=1S/C23H28N4O5/c1-25-11-12-26(21(16-25)17-7-4-3-5-8-17)10-6-9-24-22(28)18-13-19(23(29)32-2)15-20(14-18)27(30)31/h3-5,7-8,13-15,21H,6,9-12,16H2,1-2H3,(H,24,28). The van der Waals surface area contributed by atoms with Gasteiger partial charge in [0, 0.05) is 56.5 Å². The van der Waals surface area contributed by atoms with Crippen LogP contribution in [0.15, 0.2) is 48.5 Å². The molecular formula is C23H28N4O5. The Hall–Kier alpha value is -3.30. The van der Waals surface area contributed by atoms with E-state index in [-0.39, 0.29) is 16.8 Å². The monoisotopic (exact) mass is 440 g/mol. The van der Waals surface area contributed by atoms with E-state index in [4.69, 9.17) is 0 Å². The van der Waals surface area contributed by atoms with Crippen LogP contribution >= 0.6 is 0 Å². The van der Waals surface area contributed by atoms with Gasteiger partial charge in [-0.2, -0.15) is 0 Å². The Kier molecular flexibility index (Phi) is 7.91. The molecule has 1 N–H and O–H groups in total. The van der Waals surface area contributed by atoms with Crippen molar-refractivity contribution in [3.63, 3.8) is 0 Å². The fourth-order valence-corrected chi connectivity index (χ4v) is 3.89. The van der Waals surface area contributed by atoms with Crippen molar-refractivity contribution in [1.29, 1.82) is 0 Å². The van der Waals surface area contributed by atoms with Crippen molar-refractivity contribution in [2.45, 2.75) is 12.5 Å². The molecule has 1 aliphatic heterocycles. The molecule has 0 spiro atoms. The van der Waals surface area contributed by atoms with E-state index in [1.165, 1.54) is 18.7 Å². The number of ether oxygens (including phenoxy) is 1. The van der Waals surface area contributed by atoms with Crippen LogP contribution in [0.5, 0.6) is 0 Å². The number of nitro benzene ring substituents is 1. The smallest absolute Gasteiger partial charge is 0.338 e. The summed E-state index contributed by atoms with van der Waals surface area (Å²) in [5, 5.41) is 14.0. The van der Waals surface area contributed by atoms with Crippen molar-refractivity contribution in [2.75, 3.05) is 46.9 Å². The van der Waals surface area contributed by atoms with Gasteiger partial charge in [-0.15, -0.1) is 0 Å². The number of likely N-dealkylation sites (N-methyl/N-ethyl adjacent to an activating group) is 1. The third-order valence-corrected chi connectivity index (χ3v) is 5.60. The number of nitro groups is 1. The number of nitrogens with zero attached hydrogens (tertiary/aromatic N) is 3. The predicted octanol–water partition coefficient (Wildman–Crippen LogP) is 2.49. The van der Waals surface area contributed by atoms with E-state index in [9.17, 15) is 19.7 Å². The lowest BCUT2D eigenvalue weighted by Crippen LogP contribution is -2.47.